The fraction of sp³-hybridized carbons (Fsp3) is 0.286. The van der Waals surface area contributed by atoms with Gasteiger partial charge in [-0.3, -0.25) is 0 Å². The summed E-state index contributed by atoms with van der Waals surface area (Å²) in [5.41, 5.74) is 1.85. The maximum Gasteiger partial charge on any atom is 0.119 e. The Bertz CT molecular complexity index is 500. The lowest BCUT2D eigenvalue weighted by Gasteiger charge is -2.10. The summed E-state index contributed by atoms with van der Waals surface area (Å²) < 4.78 is 6.10. The Morgan fingerprint density at radius 1 is 1.33 bits per heavy atom. The molecule has 0 amide bonds. The van der Waals surface area contributed by atoms with E-state index < -0.39 is 6.10 Å². The number of hydrogen-bond donors (Lipinski definition) is 1. The van der Waals surface area contributed by atoms with E-state index in [9.17, 15) is 5.11 Å². The average Bonchev–Trinajstić information content (AvgIpc) is 2.70. The second-order valence-electron chi connectivity index (χ2n) is 4.01. The normalized spacial score (nSPS) is 12.4. The molecule has 4 heteroatoms. The van der Waals surface area contributed by atoms with Crippen molar-refractivity contribution in [2.45, 2.75) is 20.0 Å². The van der Waals surface area contributed by atoms with Crippen molar-refractivity contribution < 1.29 is 9.84 Å². The van der Waals surface area contributed by atoms with E-state index in [1.165, 1.54) is 11.3 Å². The SMILES string of the molecule is CCOc1ccc(C(O)c2cc(C)c(Cl)s2)cc1. The van der Waals surface area contributed by atoms with E-state index in [2.05, 4.69) is 0 Å². The zero-order chi connectivity index (χ0) is 13.1. The molecule has 1 unspecified atom stereocenters. The largest absolute Gasteiger partial charge is 0.494 e. The molecule has 0 radical (unpaired) electrons. The average molecular weight is 283 g/mol. The molecule has 0 aliphatic rings. The van der Waals surface area contributed by atoms with Gasteiger partial charge in [0.15, 0.2) is 0 Å². The first-order valence-electron chi connectivity index (χ1n) is 5.78. The molecule has 2 nitrogen and oxygen atoms in total. The van der Waals surface area contributed by atoms with Gasteiger partial charge in [0.2, 0.25) is 0 Å². The Balaban J connectivity index is 2.20. The summed E-state index contributed by atoms with van der Waals surface area (Å²) in [4.78, 5) is 0.863. The molecule has 1 aromatic heterocycles. The van der Waals surface area contributed by atoms with Gasteiger partial charge in [0.1, 0.15) is 11.9 Å². The van der Waals surface area contributed by atoms with Gasteiger partial charge >= 0.3 is 0 Å². The van der Waals surface area contributed by atoms with Crippen LogP contribution >= 0.6 is 22.9 Å². The second kappa shape index (κ2) is 5.74. The molecule has 0 aliphatic carbocycles. The molecule has 0 bridgehead atoms. The minimum absolute atomic E-state index is 0.628. The fourth-order valence-electron chi connectivity index (χ4n) is 1.70. The topological polar surface area (TPSA) is 29.5 Å². The first-order valence-corrected chi connectivity index (χ1v) is 6.98. The van der Waals surface area contributed by atoms with Gasteiger partial charge in [-0.1, -0.05) is 23.7 Å². The molecule has 1 heterocycles. The molecule has 1 N–H and O–H groups in total. The van der Waals surface area contributed by atoms with Crippen molar-refractivity contribution in [2.24, 2.45) is 0 Å². The Morgan fingerprint density at radius 2 is 2.00 bits per heavy atom. The number of halogens is 1. The van der Waals surface area contributed by atoms with Crippen LogP contribution in [-0.2, 0) is 0 Å². The van der Waals surface area contributed by atoms with Gasteiger partial charge in [0, 0.05) is 4.88 Å². The number of ether oxygens (including phenoxy) is 1. The van der Waals surface area contributed by atoms with E-state index in [0.717, 1.165) is 26.1 Å². The summed E-state index contributed by atoms with van der Waals surface area (Å²) in [6.07, 6.45) is -0.628. The van der Waals surface area contributed by atoms with Crippen molar-refractivity contribution in [3.8, 4) is 5.75 Å². The van der Waals surface area contributed by atoms with Gasteiger partial charge in [-0.25, -0.2) is 0 Å². The van der Waals surface area contributed by atoms with Gasteiger partial charge < -0.3 is 9.84 Å². The highest BCUT2D eigenvalue weighted by Crippen LogP contribution is 2.34. The summed E-state index contributed by atoms with van der Waals surface area (Å²) in [5.74, 6) is 0.814. The Morgan fingerprint density at radius 3 is 2.50 bits per heavy atom. The fourth-order valence-corrected chi connectivity index (χ4v) is 2.93. The van der Waals surface area contributed by atoms with Crippen molar-refractivity contribution in [3.05, 3.63) is 50.7 Å². The van der Waals surface area contributed by atoms with Crippen molar-refractivity contribution in [2.75, 3.05) is 6.61 Å². The zero-order valence-electron chi connectivity index (χ0n) is 10.3. The van der Waals surface area contributed by atoms with Gasteiger partial charge in [-0.15, -0.1) is 11.3 Å². The van der Waals surface area contributed by atoms with Gasteiger partial charge in [0.25, 0.3) is 0 Å². The molecule has 0 fully saturated rings. The molecule has 2 rings (SSSR count). The van der Waals surface area contributed by atoms with Crippen LogP contribution in [0.5, 0.6) is 5.75 Å². The van der Waals surface area contributed by atoms with Crippen LogP contribution in [0.2, 0.25) is 4.34 Å². The van der Waals surface area contributed by atoms with Crippen molar-refractivity contribution in [1.82, 2.24) is 0 Å². The number of rotatable bonds is 4. The molecular weight excluding hydrogens is 268 g/mol. The van der Waals surface area contributed by atoms with Crippen molar-refractivity contribution >= 4 is 22.9 Å². The number of aliphatic hydroxyl groups excluding tert-OH is 1. The smallest absolute Gasteiger partial charge is 0.119 e. The van der Waals surface area contributed by atoms with E-state index in [1.54, 1.807) is 0 Å². The maximum atomic E-state index is 10.3. The van der Waals surface area contributed by atoms with Crippen LogP contribution in [0.15, 0.2) is 30.3 Å². The predicted molar refractivity (Wildman–Crippen MR) is 75.7 cm³/mol. The lowest BCUT2D eigenvalue weighted by molar-refractivity contribution is 0.224. The monoisotopic (exact) mass is 282 g/mol. The minimum Gasteiger partial charge on any atom is -0.494 e. The third-order valence-electron chi connectivity index (χ3n) is 2.65. The summed E-state index contributed by atoms with van der Waals surface area (Å²) in [6.45, 7) is 4.52. The molecule has 18 heavy (non-hydrogen) atoms. The van der Waals surface area contributed by atoms with E-state index in [0.29, 0.717) is 6.61 Å². The summed E-state index contributed by atoms with van der Waals surface area (Å²) in [5, 5.41) is 10.3. The number of thiophene rings is 1. The third kappa shape index (κ3) is 2.86. The van der Waals surface area contributed by atoms with Crippen LogP contribution < -0.4 is 4.74 Å². The maximum absolute atomic E-state index is 10.3. The Hall–Kier alpha value is -1.03. The highest BCUT2D eigenvalue weighted by atomic mass is 35.5. The number of aryl methyl sites for hydroxylation is 1. The van der Waals surface area contributed by atoms with Crippen LogP contribution in [0.3, 0.4) is 0 Å². The lowest BCUT2D eigenvalue weighted by atomic mass is 10.1. The second-order valence-corrected chi connectivity index (χ2v) is 5.70. The summed E-state index contributed by atoms with van der Waals surface area (Å²) >= 11 is 7.43. The highest BCUT2D eigenvalue weighted by molar-refractivity contribution is 7.16. The summed E-state index contributed by atoms with van der Waals surface area (Å²) in [6, 6.07) is 9.40. The Labute approximate surface area is 116 Å². The molecule has 1 aromatic carbocycles. The van der Waals surface area contributed by atoms with Gasteiger partial charge in [0.05, 0.1) is 10.9 Å². The molecule has 0 spiro atoms. The van der Waals surface area contributed by atoms with Crippen LogP contribution in [0, 0.1) is 6.92 Å². The summed E-state index contributed by atoms with van der Waals surface area (Å²) in [7, 11) is 0. The Kier molecular flexibility index (Phi) is 4.27. The molecule has 96 valence electrons. The van der Waals surface area contributed by atoms with Crippen molar-refractivity contribution in [1.29, 1.82) is 0 Å². The van der Waals surface area contributed by atoms with Gasteiger partial charge in [-0.05, 0) is 43.2 Å². The molecule has 0 aliphatic heterocycles. The molecule has 0 saturated heterocycles. The first kappa shape index (κ1) is 13.4. The van der Waals surface area contributed by atoms with Crippen LogP contribution in [0.1, 0.15) is 29.0 Å². The van der Waals surface area contributed by atoms with Crippen LogP contribution in [0.25, 0.3) is 0 Å². The molecule has 0 saturated carbocycles. The van der Waals surface area contributed by atoms with E-state index in [4.69, 9.17) is 16.3 Å². The quantitative estimate of drug-likeness (QED) is 0.911. The zero-order valence-corrected chi connectivity index (χ0v) is 11.9. The number of hydrogen-bond acceptors (Lipinski definition) is 3. The minimum atomic E-state index is -0.628. The number of aliphatic hydroxyl groups is 1. The first-order chi connectivity index (χ1) is 8.61. The molecular formula is C14H15ClO2S. The molecule has 1 atom stereocenters. The highest BCUT2D eigenvalue weighted by Gasteiger charge is 2.14. The van der Waals surface area contributed by atoms with Crippen LogP contribution in [-0.4, -0.2) is 11.7 Å². The lowest BCUT2D eigenvalue weighted by Crippen LogP contribution is -1.97. The van der Waals surface area contributed by atoms with E-state index in [1.807, 2.05) is 44.2 Å². The van der Waals surface area contributed by atoms with Crippen LogP contribution in [0.4, 0.5) is 0 Å². The predicted octanol–water partition coefficient (Wildman–Crippen LogP) is 4.19. The van der Waals surface area contributed by atoms with Gasteiger partial charge in [-0.2, -0.15) is 0 Å². The van der Waals surface area contributed by atoms with E-state index >= 15 is 0 Å². The molecule has 2 aromatic rings. The third-order valence-corrected chi connectivity index (χ3v) is 4.26. The standard InChI is InChI=1S/C14H15ClO2S/c1-3-17-11-6-4-10(5-7-11)13(16)12-8-9(2)14(15)18-12/h4-8,13,16H,3H2,1-2H3. The number of benzene rings is 1. The van der Waals surface area contributed by atoms with E-state index in [-0.39, 0.29) is 0 Å². The van der Waals surface area contributed by atoms with Crippen molar-refractivity contribution in [3.63, 3.8) is 0 Å².